The minimum Gasteiger partial charge on any atom is -0.351 e. The van der Waals surface area contributed by atoms with Crippen molar-refractivity contribution in [2.75, 3.05) is 11.9 Å². The van der Waals surface area contributed by atoms with Gasteiger partial charge in [0.25, 0.3) is 11.8 Å². The van der Waals surface area contributed by atoms with Gasteiger partial charge in [0.1, 0.15) is 11.4 Å². The zero-order valence-corrected chi connectivity index (χ0v) is 13.8. The molecule has 2 amide bonds. The monoisotopic (exact) mass is 347 g/mol. The normalized spacial score (nSPS) is 10.4. The van der Waals surface area contributed by atoms with Gasteiger partial charge in [-0.05, 0) is 30.7 Å². The molecule has 0 aliphatic carbocycles. The Kier molecular flexibility index (Phi) is 6.56. The maximum atomic E-state index is 13.2. The van der Waals surface area contributed by atoms with Crippen LogP contribution in [0.15, 0.2) is 36.4 Å². The highest BCUT2D eigenvalue weighted by Crippen LogP contribution is 2.14. The molecular weight excluding hydrogens is 328 g/mol. The number of hydrogen-bond donors (Lipinski definition) is 2. The lowest BCUT2D eigenvalue weighted by Crippen LogP contribution is -2.26. The maximum Gasteiger partial charge on any atom is 0.274 e. The van der Waals surface area contributed by atoms with Crippen LogP contribution in [0, 0.1) is 11.6 Å². The summed E-state index contributed by atoms with van der Waals surface area (Å²) in [6.45, 7) is 2.61. The number of anilines is 1. The van der Waals surface area contributed by atoms with Gasteiger partial charge >= 0.3 is 0 Å². The molecule has 7 heteroatoms. The molecule has 0 aliphatic rings. The van der Waals surface area contributed by atoms with E-state index in [-0.39, 0.29) is 23.0 Å². The summed E-state index contributed by atoms with van der Waals surface area (Å²) in [6.07, 6.45) is 2.94. The van der Waals surface area contributed by atoms with Crippen molar-refractivity contribution in [2.45, 2.75) is 26.2 Å². The summed E-state index contributed by atoms with van der Waals surface area (Å²) >= 11 is 0. The van der Waals surface area contributed by atoms with E-state index in [1.165, 1.54) is 24.3 Å². The molecule has 132 valence electrons. The SMILES string of the molecule is CCCCCNC(=O)c1cccc(C(=O)Nc2ccc(F)c(F)c2)n1. The third-order valence-electron chi connectivity index (χ3n) is 3.46. The Morgan fingerprint density at radius 1 is 1.00 bits per heavy atom. The number of carbonyl (C=O) groups is 2. The van der Waals surface area contributed by atoms with Crippen LogP contribution < -0.4 is 10.6 Å². The first-order valence-corrected chi connectivity index (χ1v) is 8.03. The van der Waals surface area contributed by atoms with E-state index < -0.39 is 17.5 Å². The number of nitrogens with one attached hydrogen (secondary N) is 2. The molecule has 0 fully saturated rings. The van der Waals surface area contributed by atoms with E-state index in [1.54, 1.807) is 0 Å². The molecule has 5 nitrogen and oxygen atoms in total. The molecule has 0 saturated heterocycles. The number of aromatic nitrogens is 1. The number of nitrogens with zero attached hydrogens (tertiary/aromatic N) is 1. The van der Waals surface area contributed by atoms with Crippen molar-refractivity contribution < 1.29 is 18.4 Å². The average molecular weight is 347 g/mol. The summed E-state index contributed by atoms with van der Waals surface area (Å²) < 4.78 is 26.1. The van der Waals surface area contributed by atoms with Crippen LogP contribution in [0.4, 0.5) is 14.5 Å². The van der Waals surface area contributed by atoms with Gasteiger partial charge < -0.3 is 10.6 Å². The van der Waals surface area contributed by atoms with Gasteiger partial charge in [-0.15, -0.1) is 0 Å². The van der Waals surface area contributed by atoms with Crippen LogP contribution in [0.2, 0.25) is 0 Å². The zero-order chi connectivity index (χ0) is 18.2. The second kappa shape index (κ2) is 8.86. The molecule has 2 rings (SSSR count). The Balaban J connectivity index is 2.03. The summed E-state index contributed by atoms with van der Waals surface area (Å²) in [5.41, 5.74) is 0.223. The number of hydrogen-bond acceptors (Lipinski definition) is 3. The fraction of sp³-hybridized carbons (Fsp3) is 0.278. The molecule has 0 unspecified atom stereocenters. The number of unbranched alkanes of at least 4 members (excludes halogenated alkanes) is 2. The summed E-state index contributed by atoms with van der Waals surface area (Å²) in [5, 5.41) is 5.15. The van der Waals surface area contributed by atoms with Crippen molar-refractivity contribution in [3.05, 3.63) is 59.4 Å². The first kappa shape index (κ1) is 18.5. The summed E-state index contributed by atoms with van der Waals surface area (Å²) in [7, 11) is 0. The molecule has 2 aromatic rings. The zero-order valence-electron chi connectivity index (χ0n) is 13.8. The molecule has 2 N–H and O–H groups in total. The minimum atomic E-state index is -1.06. The van der Waals surface area contributed by atoms with Gasteiger partial charge in [0.2, 0.25) is 0 Å². The predicted molar refractivity (Wildman–Crippen MR) is 90.4 cm³/mol. The van der Waals surface area contributed by atoms with E-state index in [2.05, 4.69) is 22.5 Å². The first-order valence-electron chi connectivity index (χ1n) is 8.03. The van der Waals surface area contributed by atoms with Gasteiger partial charge in [-0.25, -0.2) is 13.8 Å². The average Bonchev–Trinajstić information content (AvgIpc) is 2.62. The van der Waals surface area contributed by atoms with Crippen LogP contribution in [0.1, 0.15) is 47.2 Å². The number of halogens is 2. The van der Waals surface area contributed by atoms with Crippen LogP contribution in [0.3, 0.4) is 0 Å². The van der Waals surface area contributed by atoms with Crippen LogP contribution >= 0.6 is 0 Å². The van der Waals surface area contributed by atoms with Gasteiger partial charge in [0.05, 0.1) is 0 Å². The Morgan fingerprint density at radius 2 is 1.72 bits per heavy atom. The van der Waals surface area contributed by atoms with E-state index in [0.29, 0.717) is 6.54 Å². The topological polar surface area (TPSA) is 71.1 Å². The lowest BCUT2D eigenvalue weighted by Gasteiger charge is -2.07. The number of rotatable bonds is 7. The third-order valence-corrected chi connectivity index (χ3v) is 3.46. The maximum absolute atomic E-state index is 13.2. The van der Waals surface area contributed by atoms with E-state index in [1.807, 2.05) is 0 Å². The highest BCUT2D eigenvalue weighted by atomic mass is 19.2. The smallest absolute Gasteiger partial charge is 0.274 e. The third kappa shape index (κ3) is 5.34. The number of benzene rings is 1. The van der Waals surface area contributed by atoms with E-state index >= 15 is 0 Å². The van der Waals surface area contributed by atoms with Gasteiger partial charge in [0, 0.05) is 18.3 Å². The largest absolute Gasteiger partial charge is 0.351 e. The van der Waals surface area contributed by atoms with Crippen LogP contribution in [0.25, 0.3) is 0 Å². The molecule has 0 bridgehead atoms. The van der Waals surface area contributed by atoms with Crippen molar-refractivity contribution in [2.24, 2.45) is 0 Å². The quantitative estimate of drug-likeness (QED) is 0.753. The van der Waals surface area contributed by atoms with Crippen molar-refractivity contribution >= 4 is 17.5 Å². The molecular formula is C18H19F2N3O2. The molecule has 0 spiro atoms. The molecule has 0 radical (unpaired) electrons. The van der Waals surface area contributed by atoms with Gasteiger partial charge in [-0.2, -0.15) is 0 Å². The molecule has 0 saturated carbocycles. The highest BCUT2D eigenvalue weighted by Gasteiger charge is 2.13. The standard InChI is InChI=1S/C18H19F2N3O2/c1-2-3-4-10-21-17(24)15-6-5-7-16(23-15)18(25)22-12-8-9-13(19)14(20)11-12/h5-9,11H,2-4,10H2,1H3,(H,21,24)(H,22,25). The van der Waals surface area contributed by atoms with Crippen molar-refractivity contribution in [3.63, 3.8) is 0 Å². The lowest BCUT2D eigenvalue weighted by atomic mass is 10.2. The van der Waals surface area contributed by atoms with Crippen molar-refractivity contribution in [3.8, 4) is 0 Å². The van der Waals surface area contributed by atoms with Gasteiger partial charge in [-0.3, -0.25) is 9.59 Å². The van der Waals surface area contributed by atoms with Crippen molar-refractivity contribution in [1.82, 2.24) is 10.3 Å². The van der Waals surface area contributed by atoms with Crippen molar-refractivity contribution in [1.29, 1.82) is 0 Å². The summed E-state index contributed by atoms with van der Waals surface area (Å²) in [4.78, 5) is 28.2. The second-order valence-electron chi connectivity index (χ2n) is 5.45. The number of amides is 2. The fourth-order valence-corrected chi connectivity index (χ4v) is 2.12. The molecule has 1 aromatic carbocycles. The minimum absolute atomic E-state index is 0.00550. The number of pyridine rings is 1. The predicted octanol–water partition coefficient (Wildman–Crippen LogP) is 3.53. The summed E-state index contributed by atoms with van der Waals surface area (Å²) in [5.74, 6) is -3.05. The number of carbonyl (C=O) groups excluding carboxylic acids is 2. The molecule has 1 heterocycles. The fourth-order valence-electron chi connectivity index (χ4n) is 2.12. The van der Waals surface area contributed by atoms with E-state index in [9.17, 15) is 18.4 Å². The Bertz CT molecular complexity index is 766. The van der Waals surface area contributed by atoms with Crippen LogP contribution in [-0.4, -0.2) is 23.3 Å². The summed E-state index contributed by atoms with van der Waals surface area (Å²) in [6, 6.07) is 7.50. The van der Waals surface area contributed by atoms with Crippen LogP contribution in [-0.2, 0) is 0 Å². The first-order chi connectivity index (χ1) is 12.0. The Hall–Kier alpha value is -2.83. The molecule has 25 heavy (non-hydrogen) atoms. The molecule has 1 aromatic heterocycles. The Labute approximate surface area is 144 Å². The van der Waals surface area contributed by atoms with Gasteiger partial charge in [-0.1, -0.05) is 25.8 Å². The lowest BCUT2D eigenvalue weighted by molar-refractivity contribution is 0.0947. The Morgan fingerprint density at radius 3 is 2.40 bits per heavy atom. The van der Waals surface area contributed by atoms with Gasteiger partial charge in [0.15, 0.2) is 11.6 Å². The molecule has 0 atom stereocenters. The van der Waals surface area contributed by atoms with E-state index in [0.717, 1.165) is 31.4 Å². The van der Waals surface area contributed by atoms with E-state index in [4.69, 9.17) is 0 Å². The van der Waals surface area contributed by atoms with Crippen LogP contribution in [0.5, 0.6) is 0 Å². The molecule has 0 aliphatic heterocycles. The highest BCUT2D eigenvalue weighted by molar-refractivity contribution is 6.03. The second-order valence-corrected chi connectivity index (χ2v) is 5.45.